The number of nitrogens with zero attached hydrogens (tertiary/aromatic N) is 1. The third-order valence-electron chi connectivity index (χ3n) is 3.59. The van der Waals surface area contributed by atoms with E-state index in [4.69, 9.17) is 4.74 Å². The van der Waals surface area contributed by atoms with Crippen molar-refractivity contribution in [2.75, 3.05) is 26.8 Å². The summed E-state index contributed by atoms with van der Waals surface area (Å²) in [5.41, 5.74) is -0.161. The zero-order chi connectivity index (χ0) is 17.0. The highest BCUT2D eigenvalue weighted by Gasteiger charge is 2.44. The van der Waals surface area contributed by atoms with E-state index in [0.717, 1.165) is 12.5 Å². The van der Waals surface area contributed by atoms with Crippen LogP contribution in [0.1, 0.15) is 16.8 Å². The Hall–Kier alpha value is -1.83. The fourth-order valence-corrected chi connectivity index (χ4v) is 2.48. The maximum absolute atomic E-state index is 13.1. The minimum absolute atomic E-state index is 0.161. The lowest BCUT2D eigenvalue weighted by Gasteiger charge is -2.21. The van der Waals surface area contributed by atoms with Crippen molar-refractivity contribution in [1.82, 2.24) is 4.90 Å². The molecule has 1 fully saturated rings. The van der Waals surface area contributed by atoms with Crippen LogP contribution in [-0.2, 0) is 4.74 Å². The fraction of sp³-hybridized carbons (Fsp3) is 0.533. The molecule has 0 radical (unpaired) electrons. The van der Waals surface area contributed by atoms with Gasteiger partial charge in [0, 0.05) is 26.1 Å². The van der Waals surface area contributed by atoms with Gasteiger partial charge in [-0.25, -0.2) is 0 Å². The molecule has 1 aliphatic rings. The Balaban J connectivity index is 2.15. The van der Waals surface area contributed by atoms with E-state index in [-0.39, 0.29) is 11.5 Å². The van der Waals surface area contributed by atoms with Crippen molar-refractivity contribution in [2.24, 2.45) is 5.92 Å². The van der Waals surface area contributed by atoms with E-state index in [1.807, 2.05) is 0 Å². The normalized spacial score (nSPS) is 18.5. The lowest BCUT2D eigenvalue weighted by molar-refractivity contribution is -0.253. The molecule has 128 valence electrons. The Labute approximate surface area is 131 Å². The summed E-state index contributed by atoms with van der Waals surface area (Å²) in [5, 5.41) is 0. The molecule has 0 N–H and O–H groups in total. The molecule has 1 saturated heterocycles. The Morgan fingerprint density at radius 2 is 2.09 bits per heavy atom. The Morgan fingerprint density at radius 1 is 1.39 bits per heavy atom. The third-order valence-corrected chi connectivity index (χ3v) is 3.59. The molecule has 1 atom stereocenters. The van der Waals surface area contributed by atoms with Crippen molar-refractivity contribution in [3.05, 3.63) is 29.8 Å². The number of benzene rings is 1. The summed E-state index contributed by atoms with van der Waals surface area (Å²) in [6.45, 7) is 1.37. The molecular weight excluding hydrogens is 318 g/mol. The number of rotatable bonds is 6. The van der Waals surface area contributed by atoms with E-state index in [1.165, 1.54) is 23.1 Å². The lowest BCUT2D eigenvalue weighted by Crippen LogP contribution is -2.35. The summed E-state index contributed by atoms with van der Waals surface area (Å²) < 4.78 is 59.9. The highest BCUT2D eigenvalue weighted by molar-refractivity contribution is 5.97. The standard InChI is InChI=1S/C15H17F4NO3/c1-22-9-10-6-7-20(8-10)13(21)11-4-2-3-5-12(11)23-15(18,19)14(16)17/h2-5,10,14H,6-9H2,1H3. The molecular formula is C15H17F4NO3. The van der Waals surface area contributed by atoms with Crippen LogP contribution in [0.25, 0.3) is 0 Å². The highest BCUT2D eigenvalue weighted by atomic mass is 19.3. The first-order chi connectivity index (χ1) is 10.8. The average Bonchev–Trinajstić information content (AvgIpc) is 2.95. The molecule has 8 heteroatoms. The smallest absolute Gasteiger partial charge is 0.427 e. The zero-order valence-corrected chi connectivity index (χ0v) is 12.5. The van der Waals surface area contributed by atoms with Gasteiger partial charge in [-0.2, -0.15) is 17.6 Å². The number of amides is 1. The van der Waals surface area contributed by atoms with E-state index < -0.39 is 24.2 Å². The Bertz CT molecular complexity index is 553. The van der Waals surface area contributed by atoms with Crippen LogP contribution in [0.3, 0.4) is 0 Å². The van der Waals surface area contributed by atoms with Crippen molar-refractivity contribution >= 4 is 5.91 Å². The highest BCUT2D eigenvalue weighted by Crippen LogP contribution is 2.31. The molecule has 1 unspecified atom stereocenters. The number of carbonyl (C=O) groups is 1. The quantitative estimate of drug-likeness (QED) is 0.750. The average molecular weight is 335 g/mol. The SMILES string of the molecule is COCC1CCN(C(=O)c2ccccc2OC(F)(F)C(F)F)C1. The molecule has 1 aromatic carbocycles. The maximum atomic E-state index is 13.1. The van der Waals surface area contributed by atoms with Crippen molar-refractivity contribution in [3.63, 3.8) is 0 Å². The van der Waals surface area contributed by atoms with Crippen LogP contribution < -0.4 is 4.74 Å². The molecule has 1 amide bonds. The van der Waals surface area contributed by atoms with Gasteiger partial charge in [-0.1, -0.05) is 12.1 Å². The molecule has 1 aromatic rings. The number of hydrogen-bond acceptors (Lipinski definition) is 3. The monoisotopic (exact) mass is 335 g/mol. The second-order valence-corrected chi connectivity index (χ2v) is 5.32. The van der Waals surface area contributed by atoms with E-state index in [9.17, 15) is 22.4 Å². The summed E-state index contributed by atoms with van der Waals surface area (Å²) >= 11 is 0. The number of ether oxygens (including phenoxy) is 2. The fourth-order valence-electron chi connectivity index (χ4n) is 2.48. The first-order valence-electron chi connectivity index (χ1n) is 7.07. The van der Waals surface area contributed by atoms with Crippen LogP contribution in [0.4, 0.5) is 17.6 Å². The van der Waals surface area contributed by atoms with E-state index in [0.29, 0.717) is 19.7 Å². The van der Waals surface area contributed by atoms with Gasteiger partial charge in [-0.3, -0.25) is 4.79 Å². The van der Waals surface area contributed by atoms with E-state index >= 15 is 0 Å². The maximum Gasteiger partial charge on any atom is 0.461 e. The van der Waals surface area contributed by atoms with Crippen LogP contribution in [-0.4, -0.2) is 50.1 Å². The minimum Gasteiger partial charge on any atom is -0.427 e. The van der Waals surface area contributed by atoms with E-state index in [2.05, 4.69) is 4.74 Å². The first kappa shape index (κ1) is 17.5. The summed E-state index contributed by atoms with van der Waals surface area (Å²) in [6.07, 6.45) is -7.90. The van der Waals surface area contributed by atoms with Gasteiger partial charge in [0.1, 0.15) is 5.75 Å². The number of hydrogen-bond donors (Lipinski definition) is 0. The van der Waals surface area contributed by atoms with Crippen LogP contribution in [0.2, 0.25) is 0 Å². The molecule has 2 rings (SSSR count). The molecule has 0 saturated carbocycles. The predicted octanol–water partition coefficient (Wildman–Crippen LogP) is 3.03. The van der Waals surface area contributed by atoms with Gasteiger partial charge in [0.05, 0.1) is 12.2 Å². The molecule has 1 heterocycles. The largest absolute Gasteiger partial charge is 0.461 e. The van der Waals surface area contributed by atoms with Gasteiger partial charge >= 0.3 is 12.5 Å². The Kier molecular flexibility index (Phi) is 5.46. The summed E-state index contributed by atoms with van der Waals surface area (Å²) in [6, 6.07) is 5.16. The van der Waals surface area contributed by atoms with Crippen LogP contribution in [0, 0.1) is 5.92 Å². The van der Waals surface area contributed by atoms with Crippen molar-refractivity contribution < 1.29 is 31.8 Å². The van der Waals surface area contributed by atoms with Crippen LogP contribution in [0.15, 0.2) is 24.3 Å². The predicted molar refractivity (Wildman–Crippen MR) is 73.9 cm³/mol. The summed E-state index contributed by atoms with van der Waals surface area (Å²) in [7, 11) is 1.56. The third kappa shape index (κ3) is 4.13. The minimum atomic E-state index is -4.65. The van der Waals surface area contributed by atoms with Crippen molar-refractivity contribution in [1.29, 1.82) is 0 Å². The van der Waals surface area contributed by atoms with E-state index in [1.54, 1.807) is 7.11 Å². The lowest BCUT2D eigenvalue weighted by atomic mass is 10.1. The molecule has 0 bridgehead atoms. The first-order valence-corrected chi connectivity index (χ1v) is 7.07. The number of halogens is 4. The van der Waals surface area contributed by atoms with Crippen molar-refractivity contribution in [3.8, 4) is 5.75 Å². The van der Waals surface area contributed by atoms with Gasteiger partial charge in [0.2, 0.25) is 0 Å². The Morgan fingerprint density at radius 3 is 2.74 bits per heavy atom. The van der Waals surface area contributed by atoms with Gasteiger partial charge in [0.25, 0.3) is 5.91 Å². The zero-order valence-electron chi connectivity index (χ0n) is 12.5. The number of likely N-dealkylation sites (tertiary alicyclic amines) is 1. The number of methoxy groups -OCH3 is 1. The van der Waals surface area contributed by atoms with Crippen LogP contribution >= 0.6 is 0 Å². The van der Waals surface area contributed by atoms with Gasteiger partial charge < -0.3 is 14.4 Å². The second-order valence-electron chi connectivity index (χ2n) is 5.32. The molecule has 1 aliphatic heterocycles. The summed E-state index contributed by atoms with van der Waals surface area (Å²) in [5.74, 6) is -0.915. The molecule has 4 nitrogen and oxygen atoms in total. The number of carbonyl (C=O) groups excluding carboxylic acids is 1. The number of para-hydroxylation sites is 1. The van der Waals surface area contributed by atoms with Gasteiger partial charge in [-0.05, 0) is 18.6 Å². The van der Waals surface area contributed by atoms with Crippen LogP contribution in [0.5, 0.6) is 5.75 Å². The van der Waals surface area contributed by atoms with Crippen molar-refractivity contribution in [2.45, 2.75) is 19.0 Å². The molecule has 0 aliphatic carbocycles. The number of alkyl halides is 4. The molecule has 23 heavy (non-hydrogen) atoms. The van der Waals surface area contributed by atoms with Gasteiger partial charge in [0.15, 0.2) is 0 Å². The van der Waals surface area contributed by atoms with Gasteiger partial charge in [-0.15, -0.1) is 0 Å². The summed E-state index contributed by atoms with van der Waals surface area (Å²) in [4.78, 5) is 13.9. The topological polar surface area (TPSA) is 38.8 Å². The molecule has 0 spiro atoms. The molecule has 0 aromatic heterocycles. The second kappa shape index (κ2) is 7.16.